The van der Waals surface area contributed by atoms with Crippen molar-refractivity contribution in [2.24, 2.45) is 11.8 Å². The van der Waals surface area contributed by atoms with Gasteiger partial charge in [0.1, 0.15) is 0 Å². The van der Waals surface area contributed by atoms with E-state index in [0.717, 1.165) is 11.8 Å². The fourth-order valence-electron chi connectivity index (χ4n) is 2.15. The summed E-state index contributed by atoms with van der Waals surface area (Å²) < 4.78 is 0. The van der Waals surface area contributed by atoms with E-state index in [1.54, 1.807) is 0 Å². The number of pyridine rings is 1. The lowest BCUT2D eigenvalue weighted by Crippen LogP contribution is -2.21. The van der Waals surface area contributed by atoms with Gasteiger partial charge in [-0.25, -0.2) is 0 Å². The molecule has 1 aliphatic carbocycles. The van der Waals surface area contributed by atoms with Crippen molar-refractivity contribution in [1.29, 1.82) is 0 Å². The van der Waals surface area contributed by atoms with Crippen LogP contribution in [0.1, 0.15) is 6.42 Å². The molecular formula is C10H12N2. The first kappa shape index (κ1) is 6.46. The molecule has 1 aromatic rings. The topological polar surface area (TPSA) is 16.1 Å². The van der Waals surface area contributed by atoms with Crippen molar-refractivity contribution < 1.29 is 0 Å². The average Bonchev–Trinajstić information content (AvgIpc) is 2.75. The average molecular weight is 160 g/mol. The molecule has 1 saturated carbocycles. The van der Waals surface area contributed by atoms with Crippen LogP contribution in [-0.4, -0.2) is 18.1 Å². The predicted octanol–water partition coefficient (Wildman–Crippen LogP) is 1.54. The second-order valence-corrected chi connectivity index (χ2v) is 3.87. The van der Waals surface area contributed by atoms with E-state index >= 15 is 0 Å². The molecule has 3 rings (SSSR count). The molecule has 2 unspecified atom stereocenters. The van der Waals surface area contributed by atoms with Gasteiger partial charge in [-0.15, -0.1) is 0 Å². The van der Waals surface area contributed by atoms with E-state index in [2.05, 4.69) is 16.0 Å². The zero-order valence-corrected chi connectivity index (χ0v) is 6.98. The molecule has 2 atom stereocenters. The van der Waals surface area contributed by atoms with Crippen LogP contribution in [0.25, 0.3) is 0 Å². The number of hydrogen-bond acceptors (Lipinski definition) is 2. The first-order valence-electron chi connectivity index (χ1n) is 4.58. The van der Waals surface area contributed by atoms with Gasteiger partial charge in [-0.1, -0.05) is 0 Å². The minimum Gasteiger partial charge on any atom is -0.370 e. The summed E-state index contributed by atoms with van der Waals surface area (Å²) in [5.74, 6) is 2.01. The third-order valence-corrected chi connectivity index (χ3v) is 2.99. The molecule has 2 nitrogen and oxygen atoms in total. The Bertz CT molecular complexity index is 273. The number of fused-ring (bicyclic) bond motifs is 1. The highest BCUT2D eigenvalue weighted by molar-refractivity contribution is 5.46. The Morgan fingerprint density at radius 3 is 2.83 bits per heavy atom. The molecule has 12 heavy (non-hydrogen) atoms. The first-order valence-corrected chi connectivity index (χ1v) is 4.58. The van der Waals surface area contributed by atoms with E-state index in [0.29, 0.717) is 0 Å². The van der Waals surface area contributed by atoms with Crippen LogP contribution in [0.5, 0.6) is 0 Å². The zero-order valence-electron chi connectivity index (χ0n) is 6.98. The molecule has 1 aromatic heterocycles. The summed E-state index contributed by atoms with van der Waals surface area (Å²) in [5.41, 5.74) is 1.30. The van der Waals surface area contributed by atoms with Crippen molar-refractivity contribution in [3.63, 3.8) is 0 Å². The summed E-state index contributed by atoms with van der Waals surface area (Å²) in [5, 5.41) is 0. The van der Waals surface area contributed by atoms with Crippen LogP contribution < -0.4 is 4.90 Å². The summed E-state index contributed by atoms with van der Waals surface area (Å²) in [6.45, 7) is 2.52. The van der Waals surface area contributed by atoms with Crippen molar-refractivity contribution in [2.75, 3.05) is 18.0 Å². The summed E-state index contributed by atoms with van der Waals surface area (Å²) in [7, 11) is 0. The lowest BCUT2D eigenvalue weighted by Gasteiger charge is -2.19. The van der Waals surface area contributed by atoms with Gasteiger partial charge in [0.05, 0.1) is 11.9 Å². The van der Waals surface area contributed by atoms with Crippen LogP contribution in [0, 0.1) is 11.8 Å². The molecule has 1 aliphatic heterocycles. The lowest BCUT2D eigenvalue weighted by molar-refractivity contribution is 0.817. The first-order chi connectivity index (χ1) is 5.93. The quantitative estimate of drug-likeness (QED) is 0.619. The van der Waals surface area contributed by atoms with Crippen LogP contribution in [0.4, 0.5) is 5.69 Å². The van der Waals surface area contributed by atoms with Gasteiger partial charge in [-0.2, -0.15) is 0 Å². The highest BCUT2D eigenvalue weighted by Gasteiger charge is 2.44. The molecule has 0 amide bonds. The molecule has 0 bridgehead atoms. The SMILES string of the molecule is c1cncc(N2CC3CC3C2)c1. The third kappa shape index (κ3) is 0.909. The summed E-state index contributed by atoms with van der Waals surface area (Å²) in [6, 6.07) is 4.16. The minimum absolute atomic E-state index is 1.00. The van der Waals surface area contributed by atoms with Crippen LogP contribution >= 0.6 is 0 Å². The number of piperidine rings is 1. The van der Waals surface area contributed by atoms with Crippen molar-refractivity contribution in [3.8, 4) is 0 Å². The largest absolute Gasteiger partial charge is 0.370 e. The molecule has 0 aromatic carbocycles. The van der Waals surface area contributed by atoms with Gasteiger partial charge in [0.15, 0.2) is 0 Å². The predicted molar refractivity (Wildman–Crippen MR) is 48.0 cm³/mol. The molecule has 2 aliphatic rings. The molecule has 2 heteroatoms. The fourth-order valence-corrected chi connectivity index (χ4v) is 2.15. The molecular weight excluding hydrogens is 148 g/mol. The van der Waals surface area contributed by atoms with Gasteiger partial charge in [0, 0.05) is 19.3 Å². The van der Waals surface area contributed by atoms with E-state index in [1.165, 1.54) is 25.2 Å². The summed E-state index contributed by atoms with van der Waals surface area (Å²) in [6.07, 6.45) is 5.27. The maximum atomic E-state index is 4.13. The standard InChI is InChI=1S/C10H12N2/c1-2-10(5-11-3-1)12-6-8-4-9(8)7-12/h1-3,5,8-9H,4,6-7H2. The Kier molecular flexibility index (Phi) is 1.20. The molecule has 62 valence electrons. The van der Waals surface area contributed by atoms with E-state index in [1.807, 2.05) is 18.5 Å². The summed E-state index contributed by atoms with van der Waals surface area (Å²) in [4.78, 5) is 6.58. The Labute approximate surface area is 72.2 Å². The van der Waals surface area contributed by atoms with Gasteiger partial charge in [-0.3, -0.25) is 4.98 Å². The van der Waals surface area contributed by atoms with Gasteiger partial charge < -0.3 is 4.90 Å². The Balaban J connectivity index is 1.82. The lowest BCUT2D eigenvalue weighted by atomic mass is 10.3. The van der Waals surface area contributed by atoms with E-state index in [-0.39, 0.29) is 0 Å². The number of hydrogen-bond donors (Lipinski definition) is 0. The van der Waals surface area contributed by atoms with E-state index in [4.69, 9.17) is 0 Å². The number of anilines is 1. The minimum atomic E-state index is 1.00. The second kappa shape index (κ2) is 2.22. The van der Waals surface area contributed by atoms with Crippen LogP contribution in [0.2, 0.25) is 0 Å². The van der Waals surface area contributed by atoms with Crippen molar-refractivity contribution in [1.82, 2.24) is 4.98 Å². The van der Waals surface area contributed by atoms with Crippen LogP contribution in [0.3, 0.4) is 0 Å². The molecule has 0 spiro atoms. The van der Waals surface area contributed by atoms with Gasteiger partial charge in [0.2, 0.25) is 0 Å². The molecule has 0 N–H and O–H groups in total. The summed E-state index contributed by atoms with van der Waals surface area (Å²) >= 11 is 0. The normalized spacial score (nSPS) is 31.8. The Morgan fingerprint density at radius 2 is 2.17 bits per heavy atom. The van der Waals surface area contributed by atoms with Crippen LogP contribution in [-0.2, 0) is 0 Å². The maximum Gasteiger partial charge on any atom is 0.0552 e. The second-order valence-electron chi connectivity index (χ2n) is 3.87. The van der Waals surface area contributed by atoms with Crippen molar-refractivity contribution in [3.05, 3.63) is 24.5 Å². The third-order valence-electron chi connectivity index (χ3n) is 2.99. The highest BCUT2D eigenvalue weighted by atomic mass is 15.2. The number of aromatic nitrogens is 1. The monoisotopic (exact) mass is 160 g/mol. The number of nitrogens with zero attached hydrogens (tertiary/aromatic N) is 2. The molecule has 2 heterocycles. The Morgan fingerprint density at radius 1 is 1.33 bits per heavy atom. The van der Waals surface area contributed by atoms with Crippen LogP contribution in [0.15, 0.2) is 24.5 Å². The van der Waals surface area contributed by atoms with Gasteiger partial charge >= 0.3 is 0 Å². The zero-order chi connectivity index (χ0) is 7.97. The smallest absolute Gasteiger partial charge is 0.0552 e. The van der Waals surface area contributed by atoms with Crippen molar-refractivity contribution in [2.45, 2.75) is 6.42 Å². The molecule has 0 radical (unpaired) electrons. The fraction of sp³-hybridized carbons (Fsp3) is 0.500. The maximum absolute atomic E-state index is 4.13. The highest BCUT2D eigenvalue weighted by Crippen LogP contribution is 2.45. The molecule has 2 fully saturated rings. The Hall–Kier alpha value is -1.05. The van der Waals surface area contributed by atoms with Crippen molar-refractivity contribution >= 4 is 5.69 Å². The molecule has 1 saturated heterocycles. The van der Waals surface area contributed by atoms with Gasteiger partial charge in [0.25, 0.3) is 0 Å². The van der Waals surface area contributed by atoms with Gasteiger partial charge in [-0.05, 0) is 30.4 Å². The van der Waals surface area contributed by atoms with E-state index in [9.17, 15) is 0 Å². The number of rotatable bonds is 1. The van der Waals surface area contributed by atoms with E-state index < -0.39 is 0 Å².